The summed E-state index contributed by atoms with van der Waals surface area (Å²) in [6.07, 6.45) is 1.26. The SMILES string of the molecule is COC(=O)Cn1cc(C(C)O)c2cc(C)c(C)cc21. The second-order valence-corrected chi connectivity index (χ2v) is 4.92. The van der Waals surface area contributed by atoms with Crippen molar-refractivity contribution in [2.75, 3.05) is 7.11 Å². The fraction of sp³-hybridized carbons (Fsp3) is 0.400. The van der Waals surface area contributed by atoms with Gasteiger partial charge in [0, 0.05) is 22.7 Å². The van der Waals surface area contributed by atoms with Crippen molar-refractivity contribution in [2.45, 2.75) is 33.4 Å². The summed E-state index contributed by atoms with van der Waals surface area (Å²) in [5.41, 5.74) is 4.12. The smallest absolute Gasteiger partial charge is 0.325 e. The number of ether oxygens (including phenoxy) is 1. The van der Waals surface area contributed by atoms with Gasteiger partial charge in [0.2, 0.25) is 0 Å². The van der Waals surface area contributed by atoms with Crippen molar-refractivity contribution in [1.82, 2.24) is 4.57 Å². The van der Waals surface area contributed by atoms with Crippen LogP contribution in [-0.4, -0.2) is 22.8 Å². The largest absolute Gasteiger partial charge is 0.468 e. The number of aliphatic hydroxyl groups excluding tert-OH is 1. The van der Waals surface area contributed by atoms with Crippen LogP contribution in [0.1, 0.15) is 29.7 Å². The average Bonchev–Trinajstić information content (AvgIpc) is 2.68. The molecule has 1 unspecified atom stereocenters. The Kier molecular flexibility index (Phi) is 3.62. The standard InChI is InChI=1S/C15H19NO3/c1-9-5-12-13(11(3)17)7-16(8-15(18)19-4)14(12)6-10(9)2/h5-7,11,17H,8H2,1-4H3. The number of esters is 1. The van der Waals surface area contributed by atoms with Crippen LogP contribution in [0.4, 0.5) is 0 Å². The molecule has 1 atom stereocenters. The number of fused-ring (bicyclic) bond motifs is 1. The zero-order chi connectivity index (χ0) is 14.2. The molecule has 0 saturated heterocycles. The van der Waals surface area contributed by atoms with E-state index in [-0.39, 0.29) is 12.5 Å². The highest BCUT2D eigenvalue weighted by Gasteiger charge is 2.15. The molecule has 0 aliphatic carbocycles. The Hall–Kier alpha value is -1.81. The van der Waals surface area contributed by atoms with Crippen LogP contribution in [-0.2, 0) is 16.1 Å². The molecule has 0 radical (unpaired) electrons. The van der Waals surface area contributed by atoms with Crippen LogP contribution in [0.5, 0.6) is 0 Å². The maximum absolute atomic E-state index is 11.5. The number of rotatable bonds is 3. The Bertz CT molecular complexity index is 626. The van der Waals surface area contributed by atoms with E-state index in [0.29, 0.717) is 0 Å². The molecule has 1 heterocycles. The number of benzene rings is 1. The van der Waals surface area contributed by atoms with Crippen molar-refractivity contribution in [3.8, 4) is 0 Å². The van der Waals surface area contributed by atoms with Gasteiger partial charge in [-0.3, -0.25) is 4.79 Å². The molecule has 2 rings (SSSR count). The zero-order valence-corrected chi connectivity index (χ0v) is 11.7. The molecular weight excluding hydrogens is 242 g/mol. The fourth-order valence-electron chi connectivity index (χ4n) is 2.24. The molecule has 1 aromatic carbocycles. The van der Waals surface area contributed by atoms with Crippen LogP contribution in [0.2, 0.25) is 0 Å². The molecule has 19 heavy (non-hydrogen) atoms. The van der Waals surface area contributed by atoms with Gasteiger partial charge >= 0.3 is 5.97 Å². The quantitative estimate of drug-likeness (QED) is 0.864. The van der Waals surface area contributed by atoms with Gasteiger partial charge in [0.15, 0.2) is 0 Å². The lowest BCUT2D eigenvalue weighted by Crippen LogP contribution is -2.10. The van der Waals surface area contributed by atoms with E-state index in [1.807, 2.05) is 30.7 Å². The van der Waals surface area contributed by atoms with Crippen LogP contribution < -0.4 is 0 Å². The third-order valence-corrected chi connectivity index (χ3v) is 3.50. The topological polar surface area (TPSA) is 51.5 Å². The van der Waals surface area contributed by atoms with E-state index in [1.165, 1.54) is 12.7 Å². The van der Waals surface area contributed by atoms with Crippen molar-refractivity contribution in [2.24, 2.45) is 0 Å². The molecule has 0 fully saturated rings. The highest BCUT2D eigenvalue weighted by molar-refractivity contribution is 5.87. The molecule has 2 aromatic rings. The molecule has 102 valence electrons. The van der Waals surface area contributed by atoms with E-state index in [1.54, 1.807) is 6.92 Å². The van der Waals surface area contributed by atoms with Gasteiger partial charge in [0.25, 0.3) is 0 Å². The zero-order valence-electron chi connectivity index (χ0n) is 11.7. The molecule has 1 aromatic heterocycles. The first-order valence-electron chi connectivity index (χ1n) is 6.29. The predicted molar refractivity (Wildman–Crippen MR) is 74.1 cm³/mol. The second-order valence-electron chi connectivity index (χ2n) is 4.92. The van der Waals surface area contributed by atoms with Gasteiger partial charge in [-0.15, -0.1) is 0 Å². The van der Waals surface area contributed by atoms with Crippen molar-refractivity contribution in [3.05, 3.63) is 35.0 Å². The van der Waals surface area contributed by atoms with Crippen LogP contribution in [0.15, 0.2) is 18.3 Å². The number of hydrogen-bond donors (Lipinski definition) is 1. The van der Waals surface area contributed by atoms with Crippen LogP contribution in [0.25, 0.3) is 10.9 Å². The highest BCUT2D eigenvalue weighted by atomic mass is 16.5. The molecule has 0 saturated carbocycles. The molecule has 0 spiro atoms. The molecule has 1 N–H and O–H groups in total. The highest BCUT2D eigenvalue weighted by Crippen LogP contribution is 2.29. The number of carbonyl (C=O) groups excluding carboxylic acids is 1. The molecule has 4 heteroatoms. The maximum atomic E-state index is 11.5. The van der Waals surface area contributed by atoms with E-state index in [0.717, 1.165) is 22.0 Å². The van der Waals surface area contributed by atoms with Crippen LogP contribution in [0, 0.1) is 13.8 Å². The summed E-state index contributed by atoms with van der Waals surface area (Å²) in [6.45, 7) is 5.96. The van der Waals surface area contributed by atoms with Gasteiger partial charge in [0.1, 0.15) is 6.54 Å². The first-order valence-corrected chi connectivity index (χ1v) is 6.29. The van der Waals surface area contributed by atoms with Gasteiger partial charge < -0.3 is 14.4 Å². The summed E-state index contributed by atoms with van der Waals surface area (Å²) in [6, 6.07) is 4.10. The Morgan fingerprint density at radius 2 is 2.00 bits per heavy atom. The summed E-state index contributed by atoms with van der Waals surface area (Å²) in [7, 11) is 1.37. The fourth-order valence-corrected chi connectivity index (χ4v) is 2.24. The molecular formula is C15H19NO3. The van der Waals surface area contributed by atoms with Gasteiger partial charge in [-0.05, 0) is 44.0 Å². The molecule has 0 amide bonds. The van der Waals surface area contributed by atoms with Gasteiger partial charge in [-0.2, -0.15) is 0 Å². The van der Waals surface area contributed by atoms with E-state index in [4.69, 9.17) is 4.74 Å². The Balaban J connectivity index is 2.64. The minimum absolute atomic E-state index is 0.155. The van der Waals surface area contributed by atoms with E-state index >= 15 is 0 Å². The van der Waals surface area contributed by atoms with Gasteiger partial charge in [0.05, 0.1) is 13.2 Å². The van der Waals surface area contributed by atoms with Crippen molar-refractivity contribution in [3.63, 3.8) is 0 Å². The second kappa shape index (κ2) is 5.05. The maximum Gasteiger partial charge on any atom is 0.325 e. The monoisotopic (exact) mass is 261 g/mol. The number of methoxy groups -OCH3 is 1. The van der Waals surface area contributed by atoms with E-state index < -0.39 is 6.10 Å². The number of hydrogen-bond acceptors (Lipinski definition) is 3. The lowest BCUT2D eigenvalue weighted by atomic mass is 10.0. The minimum Gasteiger partial charge on any atom is -0.468 e. The molecule has 4 nitrogen and oxygen atoms in total. The summed E-state index contributed by atoms with van der Waals surface area (Å²) in [5, 5.41) is 10.8. The normalized spacial score (nSPS) is 12.7. The molecule has 0 bridgehead atoms. The Morgan fingerprint density at radius 3 is 2.58 bits per heavy atom. The van der Waals surface area contributed by atoms with Crippen LogP contribution in [0.3, 0.4) is 0 Å². The number of aromatic nitrogens is 1. The first-order chi connectivity index (χ1) is 8.93. The number of carbonyl (C=O) groups is 1. The van der Waals surface area contributed by atoms with Crippen molar-refractivity contribution < 1.29 is 14.6 Å². The number of aliphatic hydroxyl groups is 1. The third kappa shape index (κ3) is 2.49. The Labute approximate surface area is 112 Å². The summed E-state index contributed by atoms with van der Waals surface area (Å²) >= 11 is 0. The first kappa shape index (κ1) is 13.6. The lowest BCUT2D eigenvalue weighted by molar-refractivity contribution is -0.141. The Morgan fingerprint density at radius 1 is 1.37 bits per heavy atom. The van der Waals surface area contributed by atoms with Crippen molar-refractivity contribution >= 4 is 16.9 Å². The number of aryl methyl sites for hydroxylation is 2. The lowest BCUT2D eigenvalue weighted by Gasteiger charge is -2.06. The van der Waals surface area contributed by atoms with Crippen LogP contribution >= 0.6 is 0 Å². The van der Waals surface area contributed by atoms with Crippen molar-refractivity contribution in [1.29, 1.82) is 0 Å². The summed E-state index contributed by atoms with van der Waals surface area (Å²) in [4.78, 5) is 11.5. The summed E-state index contributed by atoms with van der Waals surface area (Å²) < 4.78 is 6.53. The number of nitrogens with zero attached hydrogens (tertiary/aromatic N) is 1. The molecule has 0 aliphatic heterocycles. The third-order valence-electron chi connectivity index (χ3n) is 3.50. The average molecular weight is 261 g/mol. The molecule has 0 aliphatic rings. The van der Waals surface area contributed by atoms with E-state index in [2.05, 4.69) is 6.07 Å². The van der Waals surface area contributed by atoms with E-state index in [9.17, 15) is 9.90 Å². The minimum atomic E-state index is -0.566. The predicted octanol–water partition coefficient (Wildman–Crippen LogP) is 2.48. The van der Waals surface area contributed by atoms with Gasteiger partial charge in [-0.25, -0.2) is 0 Å². The summed E-state index contributed by atoms with van der Waals surface area (Å²) in [5.74, 6) is -0.299. The van der Waals surface area contributed by atoms with Gasteiger partial charge in [-0.1, -0.05) is 0 Å².